The van der Waals surface area contributed by atoms with Crippen LogP contribution < -0.4 is 20.1 Å². The highest BCUT2D eigenvalue weighted by Gasteiger charge is 2.15. The lowest BCUT2D eigenvalue weighted by atomic mass is 10.2. The molecule has 0 saturated carbocycles. The van der Waals surface area contributed by atoms with Crippen LogP contribution in [-0.2, 0) is 11.3 Å². The first-order chi connectivity index (χ1) is 15.7. The molecular weight excluding hydrogens is 410 g/mol. The number of hydrogen-bond acceptors (Lipinski definition) is 6. The lowest BCUT2D eigenvalue weighted by Crippen LogP contribution is -2.47. The highest BCUT2D eigenvalue weighted by Crippen LogP contribution is 2.19. The Balaban J connectivity index is 1.21. The minimum Gasteiger partial charge on any atom is -0.491 e. The molecule has 3 rings (SSSR count). The molecule has 8 nitrogen and oxygen atoms in total. The molecule has 0 aromatic heterocycles. The van der Waals surface area contributed by atoms with Crippen LogP contribution in [0.25, 0.3) is 0 Å². The Morgan fingerprint density at radius 1 is 0.969 bits per heavy atom. The van der Waals surface area contributed by atoms with Gasteiger partial charge >= 0.3 is 6.03 Å². The first-order valence-corrected chi connectivity index (χ1v) is 11.1. The number of carbonyl (C=O) groups is 1. The van der Waals surface area contributed by atoms with E-state index in [1.807, 2.05) is 54.6 Å². The minimum absolute atomic E-state index is 0.0555. The summed E-state index contributed by atoms with van der Waals surface area (Å²) in [5, 5.41) is 16.2. The fraction of sp³-hybridized carbons (Fsp3) is 0.458. The number of hydrogen-bond donors (Lipinski definition) is 3. The predicted molar refractivity (Wildman–Crippen MR) is 122 cm³/mol. The Hall–Kier alpha value is -2.81. The van der Waals surface area contributed by atoms with E-state index >= 15 is 0 Å². The lowest BCUT2D eigenvalue weighted by Gasteiger charge is -2.26. The summed E-state index contributed by atoms with van der Waals surface area (Å²) < 4.78 is 16.7. The van der Waals surface area contributed by atoms with E-state index < -0.39 is 6.10 Å². The van der Waals surface area contributed by atoms with Gasteiger partial charge in [0.25, 0.3) is 0 Å². The number of ether oxygens (including phenoxy) is 3. The average molecular weight is 444 g/mol. The molecule has 1 atom stereocenters. The maximum absolute atomic E-state index is 11.9. The highest BCUT2D eigenvalue weighted by atomic mass is 16.5. The van der Waals surface area contributed by atoms with Gasteiger partial charge in [-0.2, -0.15) is 0 Å². The molecule has 0 bridgehead atoms. The second-order valence-electron chi connectivity index (χ2n) is 7.58. The molecule has 1 heterocycles. The summed E-state index contributed by atoms with van der Waals surface area (Å²) in [6.07, 6.45) is -0.00480. The Morgan fingerprint density at radius 2 is 1.66 bits per heavy atom. The van der Waals surface area contributed by atoms with Crippen molar-refractivity contribution in [1.82, 2.24) is 15.5 Å². The van der Waals surface area contributed by atoms with Crippen LogP contribution >= 0.6 is 0 Å². The van der Waals surface area contributed by atoms with E-state index in [0.717, 1.165) is 11.3 Å². The van der Waals surface area contributed by atoms with Crippen molar-refractivity contribution in [2.24, 2.45) is 0 Å². The van der Waals surface area contributed by atoms with Crippen molar-refractivity contribution in [1.29, 1.82) is 0 Å². The van der Waals surface area contributed by atoms with E-state index in [2.05, 4.69) is 10.6 Å². The molecule has 2 aromatic rings. The number of amides is 2. The van der Waals surface area contributed by atoms with Gasteiger partial charge in [0.15, 0.2) is 0 Å². The van der Waals surface area contributed by atoms with Crippen LogP contribution in [0.4, 0.5) is 4.79 Å². The maximum Gasteiger partial charge on any atom is 0.317 e. The second kappa shape index (κ2) is 13.6. The molecule has 3 N–H and O–H groups in total. The summed E-state index contributed by atoms with van der Waals surface area (Å²) in [4.78, 5) is 13.7. The summed E-state index contributed by atoms with van der Waals surface area (Å²) in [6.45, 7) is 5.03. The van der Waals surface area contributed by atoms with Crippen LogP contribution in [0.2, 0.25) is 0 Å². The zero-order valence-electron chi connectivity index (χ0n) is 18.4. The largest absolute Gasteiger partial charge is 0.491 e. The first kappa shape index (κ1) is 23.8. The van der Waals surface area contributed by atoms with Crippen molar-refractivity contribution in [3.05, 3.63) is 60.2 Å². The molecule has 1 unspecified atom stereocenters. The smallest absolute Gasteiger partial charge is 0.317 e. The minimum atomic E-state index is -0.570. The van der Waals surface area contributed by atoms with E-state index in [4.69, 9.17) is 14.2 Å². The van der Waals surface area contributed by atoms with Crippen LogP contribution in [0.3, 0.4) is 0 Å². The van der Waals surface area contributed by atoms with E-state index in [1.165, 1.54) is 0 Å². The third-order valence-corrected chi connectivity index (χ3v) is 5.05. The van der Waals surface area contributed by atoms with Gasteiger partial charge in [0.1, 0.15) is 24.7 Å². The molecule has 8 heteroatoms. The van der Waals surface area contributed by atoms with Gasteiger partial charge in [-0.3, -0.25) is 0 Å². The maximum atomic E-state index is 11.9. The molecule has 1 aliphatic rings. The van der Waals surface area contributed by atoms with Gasteiger partial charge in [0.05, 0.1) is 19.3 Å². The number of nitrogens with zero attached hydrogens (tertiary/aromatic N) is 1. The number of rotatable bonds is 12. The highest BCUT2D eigenvalue weighted by molar-refractivity contribution is 5.74. The quantitative estimate of drug-likeness (QED) is 0.435. The van der Waals surface area contributed by atoms with Gasteiger partial charge in [0, 0.05) is 26.2 Å². The summed E-state index contributed by atoms with van der Waals surface area (Å²) in [6, 6.07) is 17.3. The van der Waals surface area contributed by atoms with Crippen LogP contribution in [-0.4, -0.2) is 74.7 Å². The monoisotopic (exact) mass is 443 g/mol. The molecule has 2 amide bonds. The number of morpholine rings is 1. The molecule has 174 valence electrons. The average Bonchev–Trinajstić information content (AvgIpc) is 2.85. The lowest BCUT2D eigenvalue weighted by molar-refractivity contribution is 0.0532. The number of benzene rings is 2. The molecule has 32 heavy (non-hydrogen) atoms. The van der Waals surface area contributed by atoms with Crippen molar-refractivity contribution in [3.8, 4) is 11.5 Å². The second-order valence-corrected chi connectivity index (χ2v) is 7.58. The fourth-order valence-corrected chi connectivity index (χ4v) is 3.18. The normalized spacial score (nSPS) is 14.6. The molecular formula is C24H33N3O5. The molecule has 2 aromatic carbocycles. The third kappa shape index (κ3) is 8.74. The Labute approximate surface area is 189 Å². The molecule has 0 spiro atoms. The summed E-state index contributed by atoms with van der Waals surface area (Å²) in [5.74, 6) is 1.46. The summed E-state index contributed by atoms with van der Waals surface area (Å²) in [7, 11) is 0. The Bertz CT molecular complexity index is 782. The van der Waals surface area contributed by atoms with Gasteiger partial charge < -0.3 is 34.9 Å². The van der Waals surface area contributed by atoms with Crippen LogP contribution in [0, 0.1) is 0 Å². The zero-order valence-corrected chi connectivity index (χ0v) is 18.4. The van der Waals surface area contributed by atoms with Crippen molar-refractivity contribution >= 4 is 6.03 Å². The van der Waals surface area contributed by atoms with Gasteiger partial charge in [-0.15, -0.1) is 0 Å². The van der Waals surface area contributed by atoms with Crippen molar-refractivity contribution in [3.63, 3.8) is 0 Å². The third-order valence-electron chi connectivity index (χ3n) is 5.05. The van der Waals surface area contributed by atoms with Crippen LogP contribution in [0.1, 0.15) is 12.0 Å². The van der Waals surface area contributed by atoms with Crippen LogP contribution in [0.5, 0.6) is 11.5 Å². The fourth-order valence-electron chi connectivity index (χ4n) is 3.18. The van der Waals surface area contributed by atoms with Crippen molar-refractivity contribution in [2.45, 2.75) is 19.1 Å². The van der Waals surface area contributed by atoms with Gasteiger partial charge in [0.2, 0.25) is 0 Å². The Kier molecular flexibility index (Phi) is 10.1. The zero-order chi connectivity index (χ0) is 22.4. The standard InChI is InChI=1S/C24H33N3O5/c28-21(10-11-25-12-13-26-24(29)27-14-16-30-17-15-27)19-32-23-8-6-22(7-9-23)31-18-20-4-2-1-3-5-20/h1-9,21,25,28H,10-19H2,(H,26,29). The van der Waals surface area contributed by atoms with Gasteiger partial charge in [-0.25, -0.2) is 4.79 Å². The van der Waals surface area contributed by atoms with Crippen molar-refractivity contribution < 1.29 is 24.1 Å². The number of aliphatic hydroxyl groups excluding tert-OH is 1. The molecule has 0 aliphatic carbocycles. The van der Waals surface area contributed by atoms with E-state index in [0.29, 0.717) is 64.7 Å². The molecule has 1 saturated heterocycles. The number of urea groups is 1. The Morgan fingerprint density at radius 3 is 2.38 bits per heavy atom. The van der Waals surface area contributed by atoms with E-state index in [9.17, 15) is 9.90 Å². The van der Waals surface area contributed by atoms with E-state index in [-0.39, 0.29) is 12.6 Å². The van der Waals surface area contributed by atoms with Gasteiger partial charge in [-0.1, -0.05) is 30.3 Å². The van der Waals surface area contributed by atoms with E-state index in [1.54, 1.807) is 4.90 Å². The van der Waals surface area contributed by atoms with Gasteiger partial charge in [-0.05, 0) is 42.8 Å². The first-order valence-electron chi connectivity index (χ1n) is 11.1. The number of aliphatic hydroxyl groups is 1. The molecule has 1 aliphatic heterocycles. The molecule has 1 fully saturated rings. The van der Waals surface area contributed by atoms with Crippen molar-refractivity contribution in [2.75, 3.05) is 52.5 Å². The molecule has 0 radical (unpaired) electrons. The number of nitrogens with one attached hydrogen (secondary N) is 2. The topological polar surface area (TPSA) is 92.3 Å². The summed E-state index contributed by atoms with van der Waals surface area (Å²) >= 11 is 0. The SMILES string of the molecule is O=C(NCCNCCC(O)COc1ccc(OCc2ccccc2)cc1)N1CCOCC1. The predicted octanol–water partition coefficient (Wildman–Crippen LogP) is 2.03. The summed E-state index contributed by atoms with van der Waals surface area (Å²) in [5.41, 5.74) is 1.11. The number of carbonyl (C=O) groups excluding carboxylic acids is 1. The van der Waals surface area contributed by atoms with Crippen LogP contribution in [0.15, 0.2) is 54.6 Å².